The zero-order valence-corrected chi connectivity index (χ0v) is 17.6. The van der Waals surface area contributed by atoms with E-state index in [2.05, 4.69) is 20.8 Å². The minimum absolute atomic E-state index is 0.00871. The molecule has 0 aliphatic heterocycles. The fourth-order valence-electron chi connectivity index (χ4n) is 2.73. The number of hydrogen-bond acceptors (Lipinski definition) is 6. The Hall–Kier alpha value is -4.46. The van der Waals surface area contributed by atoms with Gasteiger partial charge in [0.2, 0.25) is 0 Å². The van der Waals surface area contributed by atoms with Crippen LogP contribution in [0, 0.1) is 0 Å². The van der Waals surface area contributed by atoms with Crippen molar-refractivity contribution in [2.75, 3.05) is 14.2 Å². The first-order valence-corrected chi connectivity index (χ1v) is 9.64. The lowest BCUT2D eigenvalue weighted by atomic mass is 10.1. The largest absolute Gasteiger partial charge is 0.493 e. The van der Waals surface area contributed by atoms with Gasteiger partial charge in [-0.2, -0.15) is 5.10 Å². The third kappa shape index (κ3) is 6.02. The smallest absolute Gasteiger partial charge is 0.287 e. The van der Waals surface area contributed by atoms with Crippen molar-refractivity contribution in [2.24, 2.45) is 5.10 Å². The van der Waals surface area contributed by atoms with Gasteiger partial charge in [0, 0.05) is 23.5 Å². The second kappa shape index (κ2) is 11.1. The maximum Gasteiger partial charge on any atom is 0.287 e. The van der Waals surface area contributed by atoms with Gasteiger partial charge >= 0.3 is 0 Å². The summed E-state index contributed by atoms with van der Waals surface area (Å²) in [6, 6.07) is 17.3. The SMILES string of the molecule is COc1ccc(C=C(NC(=O)c2ccccc2)C(=O)NN=Cc2cccnc2)cc1OC. The average molecular weight is 430 g/mol. The van der Waals surface area contributed by atoms with E-state index >= 15 is 0 Å². The topological polar surface area (TPSA) is 102 Å². The highest BCUT2D eigenvalue weighted by Crippen LogP contribution is 2.28. The predicted molar refractivity (Wildman–Crippen MR) is 121 cm³/mol. The van der Waals surface area contributed by atoms with Crippen LogP contribution in [0.5, 0.6) is 11.5 Å². The van der Waals surface area contributed by atoms with Gasteiger partial charge in [-0.3, -0.25) is 14.6 Å². The predicted octanol–water partition coefficient (Wildman–Crippen LogP) is 3.02. The van der Waals surface area contributed by atoms with Crippen LogP contribution < -0.4 is 20.2 Å². The van der Waals surface area contributed by atoms with Crippen LogP contribution in [0.4, 0.5) is 0 Å². The number of methoxy groups -OCH3 is 2. The van der Waals surface area contributed by atoms with E-state index in [1.54, 1.807) is 73.1 Å². The molecule has 8 heteroatoms. The van der Waals surface area contributed by atoms with Crippen LogP contribution in [0.1, 0.15) is 21.5 Å². The molecule has 0 fully saturated rings. The van der Waals surface area contributed by atoms with E-state index in [4.69, 9.17) is 9.47 Å². The Kier molecular flexibility index (Phi) is 7.69. The van der Waals surface area contributed by atoms with Crippen molar-refractivity contribution in [3.63, 3.8) is 0 Å². The quantitative estimate of drug-likeness (QED) is 0.325. The zero-order valence-electron chi connectivity index (χ0n) is 17.6. The van der Waals surface area contributed by atoms with E-state index < -0.39 is 11.8 Å². The molecule has 3 rings (SSSR count). The van der Waals surface area contributed by atoms with Crippen molar-refractivity contribution in [2.45, 2.75) is 0 Å². The van der Waals surface area contributed by atoms with Gasteiger partial charge in [-0.25, -0.2) is 5.43 Å². The molecule has 0 radical (unpaired) electrons. The standard InChI is InChI=1S/C24H22N4O4/c1-31-21-11-10-17(14-22(21)32-2)13-20(27-23(29)19-8-4-3-5-9-19)24(30)28-26-16-18-7-6-12-25-15-18/h3-16H,1-2H3,(H,27,29)(H,28,30). The van der Waals surface area contributed by atoms with E-state index in [0.29, 0.717) is 28.2 Å². The third-order valence-electron chi connectivity index (χ3n) is 4.31. The number of hydrogen-bond donors (Lipinski definition) is 2. The number of carbonyl (C=O) groups excluding carboxylic acids is 2. The molecule has 2 aromatic carbocycles. The van der Waals surface area contributed by atoms with Crippen molar-refractivity contribution in [3.8, 4) is 11.5 Å². The summed E-state index contributed by atoms with van der Waals surface area (Å²) in [4.78, 5) is 29.4. The summed E-state index contributed by atoms with van der Waals surface area (Å²) < 4.78 is 10.6. The molecule has 0 unspecified atom stereocenters. The molecule has 2 amide bonds. The van der Waals surface area contributed by atoms with Gasteiger partial charge in [-0.05, 0) is 42.0 Å². The molecule has 0 atom stereocenters. The number of benzene rings is 2. The van der Waals surface area contributed by atoms with Crippen molar-refractivity contribution in [1.29, 1.82) is 0 Å². The van der Waals surface area contributed by atoms with Crippen molar-refractivity contribution >= 4 is 24.1 Å². The second-order valence-corrected chi connectivity index (χ2v) is 6.48. The Bertz CT molecular complexity index is 1130. The fraction of sp³-hybridized carbons (Fsp3) is 0.0833. The lowest BCUT2D eigenvalue weighted by Gasteiger charge is -2.11. The van der Waals surface area contributed by atoms with Crippen molar-refractivity contribution in [3.05, 3.63) is 95.4 Å². The van der Waals surface area contributed by atoms with Crippen LogP contribution in [-0.2, 0) is 4.79 Å². The normalized spacial score (nSPS) is 11.1. The first kappa shape index (κ1) is 22.2. The highest BCUT2D eigenvalue weighted by atomic mass is 16.5. The summed E-state index contributed by atoms with van der Waals surface area (Å²) in [5, 5.41) is 6.59. The molecular weight excluding hydrogens is 408 g/mol. The molecule has 0 spiro atoms. The molecule has 0 aliphatic rings. The number of carbonyl (C=O) groups is 2. The van der Waals surface area contributed by atoms with Crippen LogP contribution in [-0.4, -0.2) is 37.2 Å². The van der Waals surface area contributed by atoms with Gasteiger partial charge in [-0.1, -0.05) is 30.3 Å². The summed E-state index contributed by atoms with van der Waals surface area (Å²) in [5.74, 6) is 0.0166. The lowest BCUT2D eigenvalue weighted by Crippen LogP contribution is -2.32. The van der Waals surface area contributed by atoms with Gasteiger partial charge in [0.25, 0.3) is 11.8 Å². The van der Waals surface area contributed by atoms with Crippen LogP contribution in [0.15, 0.2) is 83.9 Å². The molecule has 8 nitrogen and oxygen atoms in total. The van der Waals surface area contributed by atoms with Crippen molar-refractivity contribution < 1.29 is 19.1 Å². The molecule has 3 aromatic rings. The van der Waals surface area contributed by atoms with Crippen LogP contribution in [0.2, 0.25) is 0 Å². The lowest BCUT2D eigenvalue weighted by molar-refractivity contribution is -0.117. The van der Waals surface area contributed by atoms with Gasteiger partial charge < -0.3 is 14.8 Å². The Morgan fingerprint density at radius 3 is 2.41 bits per heavy atom. The van der Waals surface area contributed by atoms with Crippen molar-refractivity contribution in [1.82, 2.24) is 15.7 Å². The van der Waals surface area contributed by atoms with E-state index in [9.17, 15) is 9.59 Å². The zero-order chi connectivity index (χ0) is 22.8. The van der Waals surface area contributed by atoms with E-state index in [0.717, 1.165) is 0 Å². The third-order valence-corrected chi connectivity index (χ3v) is 4.31. The Labute approximate surface area is 185 Å². The Morgan fingerprint density at radius 2 is 1.72 bits per heavy atom. The Morgan fingerprint density at radius 1 is 0.938 bits per heavy atom. The monoisotopic (exact) mass is 430 g/mol. The Balaban J connectivity index is 1.86. The van der Waals surface area contributed by atoms with Gasteiger partial charge in [-0.15, -0.1) is 0 Å². The highest BCUT2D eigenvalue weighted by Gasteiger charge is 2.15. The first-order chi connectivity index (χ1) is 15.6. The molecule has 0 saturated heterocycles. The molecule has 1 heterocycles. The maximum atomic E-state index is 12.8. The van der Waals surface area contributed by atoms with Gasteiger partial charge in [0.15, 0.2) is 11.5 Å². The summed E-state index contributed by atoms with van der Waals surface area (Å²) in [7, 11) is 3.05. The van der Waals surface area contributed by atoms with E-state index in [-0.39, 0.29) is 5.70 Å². The number of nitrogens with zero attached hydrogens (tertiary/aromatic N) is 2. The minimum Gasteiger partial charge on any atom is -0.493 e. The first-order valence-electron chi connectivity index (χ1n) is 9.64. The second-order valence-electron chi connectivity index (χ2n) is 6.48. The number of pyridine rings is 1. The number of nitrogens with one attached hydrogen (secondary N) is 2. The molecule has 1 aromatic heterocycles. The van der Waals surface area contributed by atoms with Gasteiger partial charge in [0.05, 0.1) is 20.4 Å². The summed E-state index contributed by atoms with van der Waals surface area (Å²) in [5.41, 5.74) is 4.18. The maximum absolute atomic E-state index is 12.8. The van der Waals surface area contributed by atoms with Crippen LogP contribution in [0.25, 0.3) is 6.08 Å². The molecule has 162 valence electrons. The van der Waals surface area contributed by atoms with E-state index in [1.165, 1.54) is 26.5 Å². The molecule has 32 heavy (non-hydrogen) atoms. The molecule has 0 aliphatic carbocycles. The van der Waals surface area contributed by atoms with Crippen LogP contribution in [0.3, 0.4) is 0 Å². The van der Waals surface area contributed by atoms with Gasteiger partial charge in [0.1, 0.15) is 5.70 Å². The number of hydrazone groups is 1. The summed E-state index contributed by atoms with van der Waals surface area (Å²) in [6.45, 7) is 0. The molecule has 2 N–H and O–H groups in total. The van der Waals surface area contributed by atoms with E-state index in [1.807, 2.05) is 0 Å². The molecule has 0 bridgehead atoms. The minimum atomic E-state index is -0.593. The molecule has 0 saturated carbocycles. The summed E-state index contributed by atoms with van der Waals surface area (Å²) >= 11 is 0. The fourth-order valence-corrected chi connectivity index (χ4v) is 2.73. The number of amides is 2. The molecular formula is C24H22N4O4. The number of aromatic nitrogens is 1. The summed E-state index contributed by atoms with van der Waals surface area (Å²) in [6.07, 6.45) is 6.22. The number of ether oxygens (including phenoxy) is 2. The average Bonchev–Trinajstić information content (AvgIpc) is 2.84. The number of rotatable bonds is 8. The highest BCUT2D eigenvalue weighted by molar-refractivity contribution is 6.05. The van der Waals surface area contributed by atoms with Crippen LogP contribution >= 0.6 is 0 Å².